The molecule has 0 spiro atoms. The molecule has 0 radical (unpaired) electrons. The molecule has 104 valence electrons. The number of carbonyl (C=O) groups is 1. The number of aromatic nitrogens is 1. The molecule has 1 aromatic heterocycles. The van der Waals surface area contributed by atoms with E-state index >= 15 is 0 Å². The fourth-order valence-electron chi connectivity index (χ4n) is 1.72. The molecule has 2 rings (SSSR count). The number of nitrogens with one attached hydrogen (secondary N) is 1. The number of nitrogens with zero attached hydrogens (tertiary/aromatic N) is 1. The van der Waals surface area contributed by atoms with E-state index in [1.54, 1.807) is 47.2 Å². The number of ether oxygens (including phenoxy) is 1. The molecule has 0 saturated carbocycles. The molecule has 0 atom stereocenters. The van der Waals surface area contributed by atoms with Crippen LogP contribution in [0.3, 0.4) is 0 Å². The van der Waals surface area contributed by atoms with E-state index in [4.69, 9.17) is 10.6 Å². The highest BCUT2D eigenvalue weighted by molar-refractivity contribution is 5.94. The molecule has 1 amide bonds. The lowest BCUT2D eigenvalue weighted by Crippen LogP contribution is -2.29. The van der Waals surface area contributed by atoms with Gasteiger partial charge in [0.25, 0.3) is 11.5 Å². The van der Waals surface area contributed by atoms with Gasteiger partial charge in [-0.1, -0.05) is 12.1 Å². The van der Waals surface area contributed by atoms with E-state index in [1.165, 1.54) is 6.07 Å². The summed E-state index contributed by atoms with van der Waals surface area (Å²) in [7, 11) is 0. The summed E-state index contributed by atoms with van der Waals surface area (Å²) in [6.45, 7) is 0.768. The van der Waals surface area contributed by atoms with Crippen LogP contribution in [-0.2, 0) is 6.54 Å². The summed E-state index contributed by atoms with van der Waals surface area (Å²) in [4.78, 5) is 22.9. The Labute approximate surface area is 115 Å². The molecule has 6 nitrogen and oxygen atoms in total. The molecule has 0 bridgehead atoms. The minimum absolute atomic E-state index is 0.0765. The van der Waals surface area contributed by atoms with Gasteiger partial charge in [0.05, 0.1) is 6.54 Å². The number of pyridine rings is 1. The maximum atomic E-state index is 11.5. The number of hydrogen-bond acceptors (Lipinski definition) is 4. The molecular weight excluding hydrogens is 258 g/mol. The third-order valence-electron chi connectivity index (χ3n) is 2.73. The van der Waals surface area contributed by atoms with E-state index in [1.807, 2.05) is 0 Å². The second kappa shape index (κ2) is 6.53. The Balaban J connectivity index is 1.96. The van der Waals surface area contributed by atoms with Gasteiger partial charge in [-0.15, -0.1) is 0 Å². The summed E-state index contributed by atoms with van der Waals surface area (Å²) in [6.07, 6.45) is 1.70. The van der Waals surface area contributed by atoms with Crippen molar-refractivity contribution in [1.29, 1.82) is 0 Å². The number of rotatable bonds is 5. The van der Waals surface area contributed by atoms with Crippen LogP contribution in [0, 0.1) is 0 Å². The molecule has 2 aromatic rings. The molecule has 3 N–H and O–H groups in total. The average Bonchev–Trinajstić information content (AvgIpc) is 2.49. The minimum Gasteiger partial charge on any atom is -0.492 e. The highest BCUT2D eigenvalue weighted by Gasteiger charge is 2.04. The summed E-state index contributed by atoms with van der Waals surface area (Å²) in [5.41, 5.74) is 2.40. The lowest BCUT2D eigenvalue weighted by Gasteiger charge is -2.09. The molecule has 1 heterocycles. The summed E-state index contributed by atoms with van der Waals surface area (Å²) in [6, 6.07) is 11.6. The van der Waals surface area contributed by atoms with E-state index < -0.39 is 0 Å². The van der Waals surface area contributed by atoms with Gasteiger partial charge < -0.3 is 9.30 Å². The van der Waals surface area contributed by atoms with Crippen molar-refractivity contribution in [2.24, 2.45) is 5.84 Å². The summed E-state index contributed by atoms with van der Waals surface area (Å²) in [5.74, 6) is 5.24. The number of benzene rings is 1. The van der Waals surface area contributed by atoms with E-state index in [0.717, 1.165) is 0 Å². The number of nitrogen functional groups attached to an aromatic ring is 1. The van der Waals surface area contributed by atoms with E-state index in [2.05, 4.69) is 5.43 Å². The van der Waals surface area contributed by atoms with Gasteiger partial charge in [0.15, 0.2) is 0 Å². The van der Waals surface area contributed by atoms with Gasteiger partial charge in [-0.25, -0.2) is 5.84 Å². The number of hydrazine groups is 1. The second-order valence-electron chi connectivity index (χ2n) is 4.08. The fourth-order valence-corrected chi connectivity index (χ4v) is 1.72. The number of hydrogen-bond donors (Lipinski definition) is 2. The first-order chi connectivity index (χ1) is 9.70. The topological polar surface area (TPSA) is 86.3 Å². The molecule has 0 aliphatic carbocycles. The summed E-state index contributed by atoms with van der Waals surface area (Å²) in [5, 5.41) is 0. The van der Waals surface area contributed by atoms with Gasteiger partial charge >= 0.3 is 0 Å². The van der Waals surface area contributed by atoms with Gasteiger partial charge in [0, 0.05) is 17.8 Å². The van der Waals surface area contributed by atoms with Crippen molar-refractivity contribution in [2.45, 2.75) is 6.54 Å². The van der Waals surface area contributed by atoms with Crippen molar-refractivity contribution in [3.63, 3.8) is 0 Å². The van der Waals surface area contributed by atoms with E-state index in [0.29, 0.717) is 24.5 Å². The van der Waals surface area contributed by atoms with Crippen LogP contribution in [0.1, 0.15) is 10.4 Å². The highest BCUT2D eigenvalue weighted by atomic mass is 16.5. The summed E-state index contributed by atoms with van der Waals surface area (Å²) < 4.78 is 7.07. The number of nitrogens with two attached hydrogens (primary N) is 1. The third kappa shape index (κ3) is 3.46. The molecular formula is C14H15N3O3. The van der Waals surface area contributed by atoms with Crippen LogP contribution in [0.5, 0.6) is 5.75 Å². The predicted octanol–water partition coefficient (Wildman–Crippen LogP) is 0.531. The van der Waals surface area contributed by atoms with Crippen LogP contribution in [0.2, 0.25) is 0 Å². The van der Waals surface area contributed by atoms with Gasteiger partial charge in [0.2, 0.25) is 0 Å². The first-order valence-corrected chi connectivity index (χ1v) is 6.10. The van der Waals surface area contributed by atoms with Gasteiger partial charge in [-0.2, -0.15) is 0 Å². The lowest BCUT2D eigenvalue weighted by atomic mass is 10.2. The van der Waals surface area contributed by atoms with Crippen molar-refractivity contribution in [3.05, 3.63) is 64.6 Å². The smallest absolute Gasteiger partial charge is 0.265 e. The molecule has 0 aliphatic heterocycles. The monoisotopic (exact) mass is 273 g/mol. The molecule has 1 aromatic carbocycles. The van der Waals surface area contributed by atoms with E-state index in [-0.39, 0.29) is 11.5 Å². The van der Waals surface area contributed by atoms with Crippen LogP contribution in [0.25, 0.3) is 0 Å². The average molecular weight is 273 g/mol. The van der Waals surface area contributed by atoms with Crippen molar-refractivity contribution in [2.75, 3.05) is 6.61 Å². The van der Waals surface area contributed by atoms with Gasteiger partial charge in [0.1, 0.15) is 12.4 Å². The molecule has 0 fully saturated rings. The quantitative estimate of drug-likeness (QED) is 0.472. The molecule has 0 unspecified atom stereocenters. The predicted molar refractivity (Wildman–Crippen MR) is 74.3 cm³/mol. The Morgan fingerprint density at radius 3 is 2.85 bits per heavy atom. The maximum absolute atomic E-state index is 11.5. The van der Waals surface area contributed by atoms with Crippen molar-refractivity contribution < 1.29 is 9.53 Å². The molecule has 20 heavy (non-hydrogen) atoms. The standard InChI is InChI=1S/C14H15N3O3/c15-16-14(19)11-4-3-5-12(10-11)20-9-8-17-7-2-1-6-13(17)18/h1-7,10H,8-9,15H2,(H,16,19). The normalized spacial score (nSPS) is 10.1. The number of amides is 1. The van der Waals surface area contributed by atoms with Gasteiger partial charge in [-0.3, -0.25) is 15.0 Å². The highest BCUT2D eigenvalue weighted by Crippen LogP contribution is 2.13. The molecule has 6 heteroatoms. The minimum atomic E-state index is -0.380. The Kier molecular flexibility index (Phi) is 4.52. The lowest BCUT2D eigenvalue weighted by molar-refractivity contribution is 0.0953. The van der Waals surface area contributed by atoms with Crippen LogP contribution in [0.15, 0.2) is 53.5 Å². The Morgan fingerprint density at radius 2 is 2.10 bits per heavy atom. The first-order valence-electron chi connectivity index (χ1n) is 6.10. The number of carbonyl (C=O) groups excluding carboxylic acids is 1. The largest absolute Gasteiger partial charge is 0.492 e. The fraction of sp³-hybridized carbons (Fsp3) is 0.143. The molecule has 0 aliphatic rings. The Bertz CT molecular complexity index is 652. The second-order valence-corrected chi connectivity index (χ2v) is 4.08. The van der Waals surface area contributed by atoms with Crippen LogP contribution in [-0.4, -0.2) is 17.1 Å². The SMILES string of the molecule is NNC(=O)c1cccc(OCCn2ccccc2=O)c1. The zero-order valence-electron chi connectivity index (χ0n) is 10.8. The van der Waals surface area contributed by atoms with Crippen molar-refractivity contribution in [1.82, 2.24) is 9.99 Å². The third-order valence-corrected chi connectivity index (χ3v) is 2.73. The maximum Gasteiger partial charge on any atom is 0.265 e. The van der Waals surface area contributed by atoms with Crippen molar-refractivity contribution in [3.8, 4) is 5.75 Å². The van der Waals surface area contributed by atoms with Crippen molar-refractivity contribution >= 4 is 5.91 Å². The first kappa shape index (κ1) is 13.8. The van der Waals surface area contributed by atoms with Crippen LogP contribution < -0.4 is 21.6 Å². The Hall–Kier alpha value is -2.60. The zero-order chi connectivity index (χ0) is 14.4. The van der Waals surface area contributed by atoms with Crippen LogP contribution in [0.4, 0.5) is 0 Å². The molecule has 0 saturated heterocycles. The summed E-state index contributed by atoms with van der Waals surface area (Å²) >= 11 is 0. The zero-order valence-corrected chi connectivity index (χ0v) is 10.8. The Morgan fingerprint density at radius 1 is 1.25 bits per heavy atom. The van der Waals surface area contributed by atoms with Crippen LogP contribution >= 0.6 is 0 Å². The van der Waals surface area contributed by atoms with Gasteiger partial charge in [-0.05, 0) is 24.3 Å². The van der Waals surface area contributed by atoms with E-state index in [9.17, 15) is 9.59 Å².